The quantitative estimate of drug-likeness (QED) is 0.186. The van der Waals surface area contributed by atoms with Crippen LogP contribution in [0, 0.1) is 0 Å². The molecule has 0 unspecified atom stereocenters. The van der Waals surface area contributed by atoms with Crippen LogP contribution in [0.4, 0.5) is 0 Å². The molecule has 0 fully saturated rings. The van der Waals surface area contributed by atoms with E-state index < -0.39 is 0 Å². The Labute approximate surface area is 295 Å². The second kappa shape index (κ2) is 10.9. The third-order valence-corrected chi connectivity index (χ3v) is 10.9. The molecular formula is C45H25N3O2S. The van der Waals surface area contributed by atoms with Crippen LogP contribution in [0.25, 0.3) is 109 Å². The normalized spacial score (nSPS) is 11.9. The Kier molecular flexibility index (Phi) is 6.05. The Morgan fingerprint density at radius 1 is 0.353 bits per heavy atom. The summed E-state index contributed by atoms with van der Waals surface area (Å²) >= 11 is 1.80. The van der Waals surface area contributed by atoms with E-state index in [9.17, 15) is 0 Å². The molecule has 0 atom stereocenters. The average Bonchev–Trinajstić information content (AvgIpc) is 3.88. The first kappa shape index (κ1) is 28.2. The van der Waals surface area contributed by atoms with Crippen LogP contribution in [-0.4, -0.2) is 15.0 Å². The summed E-state index contributed by atoms with van der Waals surface area (Å²) in [4.78, 5) is 15.2. The minimum Gasteiger partial charge on any atom is -0.455 e. The number of benzene rings is 7. The fraction of sp³-hybridized carbons (Fsp3) is 0. The highest BCUT2D eigenvalue weighted by Crippen LogP contribution is 2.41. The van der Waals surface area contributed by atoms with Crippen molar-refractivity contribution in [2.75, 3.05) is 0 Å². The largest absolute Gasteiger partial charge is 0.455 e. The zero-order valence-electron chi connectivity index (χ0n) is 27.0. The van der Waals surface area contributed by atoms with Gasteiger partial charge in [0.1, 0.15) is 22.3 Å². The summed E-state index contributed by atoms with van der Waals surface area (Å²) in [5, 5.41) is 6.68. The smallest absolute Gasteiger partial charge is 0.167 e. The van der Waals surface area contributed by atoms with E-state index in [-0.39, 0.29) is 0 Å². The lowest BCUT2D eigenvalue weighted by atomic mass is 10.0. The van der Waals surface area contributed by atoms with E-state index in [0.29, 0.717) is 17.5 Å². The lowest BCUT2D eigenvalue weighted by molar-refractivity contribution is 0.668. The molecule has 0 N–H and O–H groups in total. The first-order chi connectivity index (χ1) is 25.2. The van der Waals surface area contributed by atoms with Crippen LogP contribution in [0.15, 0.2) is 160 Å². The van der Waals surface area contributed by atoms with Crippen LogP contribution in [0.3, 0.4) is 0 Å². The number of furan rings is 2. The van der Waals surface area contributed by atoms with Gasteiger partial charge in [-0.05, 0) is 54.1 Å². The Hall–Kier alpha value is -6.63. The molecule has 11 aromatic rings. The van der Waals surface area contributed by atoms with Crippen molar-refractivity contribution in [3.63, 3.8) is 0 Å². The van der Waals surface area contributed by atoms with Crippen LogP contribution in [0.2, 0.25) is 0 Å². The molecule has 0 aliphatic heterocycles. The van der Waals surface area contributed by atoms with Crippen molar-refractivity contribution in [3.05, 3.63) is 152 Å². The van der Waals surface area contributed by atoms with Gasteiger partial charge in [0.15, 0.2) is 17.5 Å². The standard InChI is InChI=1S/C45H25N3O2S/c1-2-10-26(11-3-1)43-46-44(28-21-23-40-36(24-28)32-13-5-7-19-39(32)51-40)48-45(47-43)35-17-9-16-34-31-22-20-27(25-38(31)50-42(34)35)29-14-8-15-33-30-12-4-6-18-37(30)49-41(29)33/h1-25H. The van der Waals surface area contributed by atoms with Crippen molar-refractivity contribution in [2.45, 2.75) is 0 Å². The molecule has 5 nitrogen and oxygen atoms in total. The van der Waals surface area contributed by atoms with Crippen LogP contribution in [0.1, 0.15) is 0 Å². The van der Waals surface area contributed by atoms with Crippen LogP contribution in [0.5, 0.6) is 0 Å². The van der Waals surface area contributed by atoms with E-state index in [4.69, 9.17) is 23.8 Å². The maximum atomic E-state index is 6.73. The van der Waals surface area contributed by atoms with E-state index in [2.05, 4.69) is 91.0 Å². The molecule has 0 bridgehead atoms. The minimum atomic E-state index is 0.561. The molecule has 0 radical (unpaired) electrons. The van der Waals surface area contributed by atoms with E-state index in [1.807, 2.05) is 60.7 Å². The Morgan fingerprint density at radius 2 is 0.961 bits per heavy atom. The molecule has 7 aromatic carbocycles. The van der Waals surface area contributed by atoms with Gasteiger partial charge in [-0.3, -0.25) is 0 Å². The minimum absolute atomic E-state index is 0.561. The lowest BCUT2D eigenvalue weighted by Gasteiger charge is -2.09. The zero-order chi connectivity index (χ0) is 33.5. The van der Waals surface area contributed by atoms with E-state index in [0.717, 1.165) is 71.7 Å². The number of nitrogens with zero attached hydrogens (tertiary/aromatic N) is 3. The summed E-state index contributed by atoms with van der Waals surface area (Å²) < 4.78 is 15.6. The number of hydrogen-bond donors (Lipinski definition) is 0. The van der Waals surface area contributed by atoms with Crippen LogP contribution >= 0.6 is 11.3 Å². The molecular weight excluding hydrogens is 647 g/mol. The van der Waals surface area contributed by atoms with E-state index >= 15 is 0 Å². The highest BCUT2D eigenvalue weighted by atomic mass is 32.1. The zero-order valence-corrected chi connectivity index (χ0v) is 27.8. The van der Waals surface area contributed by atoms with Crippen LogP contribution in [-0.2, 0) is 0 Å². The first-order valence-corrected chi connectivity index (χ1v) is 17.7. The Bertz CT molecular complexity index is 3160. The summed E-state index contributed by atoms with van der Waals surface area (Å²) in [5.74, 6) is 1.79. The third-order valence-electron chi connectivity index (χ3n) is 9.76. The van der Waals surface area contributed by atoms with Gasteiger partial charge in [-0.1, -0.05) is 103 Å². The van der Waals surface area contributed by atoms with Crippen molar-refractivity contribution < 1.29 is 8.83 Å². The molecule has 0 spiro atoms. The molecule has 4 heterocycles. The van der Waals surface area contributed by atoms with Gasteiger partial charge in [0.2, 0.25) is 0 Å². The molecule has 0 saturated carbocycles. The molecule has 6 heteroatoms. The lowest BCUT2D eigenvalue weighted by Crippen LogP contribution is -2.00. The number of hydrogen-bond acceptors (Lipinski definition) is 6. The molecule has 0 saturated heterocycles. The maximum absolute atomic E-state index is 6.73. The molecule has 238 valence electrons. The molecule has 0 amide bonds. The van der Waals surface area contributed by atoms with Crippen molar-refractivity contribution >= 4 is 75.4 Å². The van der Waals surface area contributed by atoms with Crippen LogP contribution < -0.4 is 0 Å². The van der Waals surface area contributed by atoms with Gasteiger partial charge in [0.05, 0.1) is 5.56 Å². The summed E-state index contributed by atoms with van der Waals surface area (Å²) in [7, 11) is 0. The summed E-state index contributed by atoms with van der Waals surface area (Å²) in [6, 6.07) is 52.1. The second-order valence-electron chi connectivity index (χ2n) is 12.8. The van der Waals surface area contributed by atoms with Crippen molar-refractivity contribution in [2.24, 2.45) is 0 Å². The van der Waals surface area contributed by atoms with Gasteiger partial charge in [0.25, 0.3) is 0 Å². The topological polar surface area (TPSA) is 65.0 Å². The number of thiophene rings is 1. The highest BCUT2D eigenvalue weighted by Gasteiger charge is 2.19. The van der Waals surface area contributed by atoms with Gasteiger partial charge in [-0.15, -0.1) is 11.3 Å². The molecule has 51 heavy (non-hydrogen) atoms. The van der Waals surface area contributed by atoms with E-state index in [1.165, 1.54) is 20.2 Å². The van der Waals surface area contributed by atoms with Gasteiger partial charge >= 0.3 is 0 Å². The fourth-order valence-corrected chi connectivity index (χ4v) is 8.41. The molecule has 0 aliphatic carbocycles. The first-order valence-electron chi connectivity index (χ1n) is 16.8. The fourth-order valence-electron chi connectivity index (χ4n) is 7.32. The highest BCUT2D eigenvalue weighted by molar-refractivity contribution is 7.25. The number of aromatic nitrogens is 3. The van der Waals surface area contributed by atoms with Crippen molar-refractivity contribution in [1.29, 1.82) is 0 Å². The Balaban J connectivity index is 1.09. The second-order valence-corrected chi connectivity index (χ2v) is 13.8. The predicted octanol–water partition coefficient (Wildman–Crippen LogP) is 12.7. The summed E-state index contributed by atoms with van der Waals surface area (Å²) in [6.45, 7) is 0. The molecule has 4 aromatic heterocycles. The number of para-hydroxylation sites is 3. The summed E-state index contributed by atoms with van der Waals surface area (Å²) in [6.07, 6.45) is 0. The van der Waals surface area contributed by atoms with Gasteiger partial charge in [-0.25, -0.2) is 15.0 Å². The Morgan fingerprint density at radius 3 is 1.82 bits per heavy atom. The SMILES string of the molecule is c1ccc(-c2nc(-c3ccc4sc5ccccc5c4c3)nc(-c3cccc4c3oc3cc(-c5cccc6c5oc5ccccc56)ccc34)n2)cc1. The maximum Gasteiger partial charge on any atom is 0.167 e. The average molecular weight is 672 g/mol. The summed E-state index contributed by atoms with van der Waals surface area (Å²) in [5.41, 5.74) is 8.00. The molecule has 11 rings (SSSR count). The predicted molar refractivity (Wildman–Crippen MR) is 209 cm³/mol. The third kappa shape index (κ3) is 4.43. The monoisotopic (exact) mass is 671 g/mol. The number of rotatable bonds is 4. The van der Waals surface area contributed by atoms with Crippen molar-refractivity contribution in [1.82, 2.24) is 15.0 Å². The van der Waals surface area contributed by atoms with E-state index in [1.54, 1.807) is 11.3 Å². The van der Waals surface area contributed by atoms with Gasteiger partial charge in [-0.2, -0.15) is 0 Å². The number of fused-ring (bicyclic) bond motifs is 9. The van der Waals surface area contributed by atoms with Gasteiger partial charge < -0.3 is 8.83 Å². The molecule has 0 aliphatic rings. The van der Waals surface area contributed by atoms with Gasteiger partial charge in [0, 0.05) is 58.4 Å². The van der Waals surface area contributed by atoms with Crippen molar-refractivity contribution in [3.8, 4) is 45.3 Å².